The highest BCUT2D eigenvalue weighted by Crippen LogP contribution is 2.24. The fourth-order valence-corrected chi connectivity index (χ4v) is 3.60. The first-order valence-electron chi connectivity index (χ1n) is 6.97. The highest BCUT2D eigenvalue weighted by molar-refractivity contribution is 8.14. The lowest BCUT2D eigenvalue weighted by atomic mass is 10.0. The molecule has 1 unspecified atom stereocenters. The van der Waals surface area contributed by atoms with Gasteiger partial charge in [-0.15, -0.1) is 0 Å². The van der Waals surface area contributed by atoms with Crippen LogP contribution in [-0.4, -0.2) is 34.3 Å². The first-order chi connectivity index (χ1) is 9.45. The molecule has 4 heteroatoms. The monoisotopic (exact) mass is 291 g/mol. The molecule has 1 aliphatic rings. The molecular formula is C16H21NO2S. The van der Waals surface area contributed by atoms with Crippen LogP contribution in [0.2, 0.25) is 0 Å². The smallest absolute Gasteiger partial charge is 0.223 e. The Kier molecular flexibility index (Phi) is 4.86. The van der Waals surface area contributed by atoms with E-state index in [9.17, 15) is 9.59 Å². The maximum absolute atomic E-state index is 11.9. The second-order valence-corrected chi connectivity index (χ2v) is 6.93. The van der Waals surface area contributed by atoms with Crippen LogP contribution in [0.25, 0.3) is 0 Å². The predicted molar refractivity (Wildman–Crippen MR) is 82.9 cm³/mol. The molecule has 3 nitrogen and oxygen atoms in total. The summed E-state index contributed by atoms with van der Waals surface area (Å²) in [5, 5.41) is 0.234. The molecule has 1 aromatic rings. The van der Waals surface area contributed by atoms with Gasteiger partial charge in [-0.2, -0.15) is 0 Å². The Morgan fingerprint density at radius 3 is 2.80 bits per heavy atom. The van der Waals surface area contributed by atoms with Gasteiger partial charge >= 0.3 is 0 Å². The molecular weight excluding hydrogens is 270 g/mol. The normalized spacial score (nSPS) is 18.6. The zero-order valence-electron chi connectivity index (χ0n) is 12.3. The number of rotatable bonds is 4. The summed E-state index contributed by atoms with van der Waals surface area (Å²) in [6, 6.07) is 6.44. The number of hydrogen-bond acceptors (Lipinski definition) is 3. The summed E-state index contributed by atoms with van der Waals surface area (Å²) in [6.07, 6.45) is 1.38. The molecule has 0 N–H and O–H groups in total. The lowest BCUT2D eigenvalue weighted by Crippen LogP contribution is -2.28. The summed E-state index contributed by atoms with van der Waals surface area (Å²) in [4.78, 5) is 24.9. The minimum Gasteiger partial charge on any atom is -0.341 e. The van der Waals surface area contributed by atoms with E-state index in [0.717, 1.165) is 13.0 Å². The topological polar surface area (TPSA) is 37.4 Å². The second kappa shape index (κ2) is 6.44. The van der Waals surface area contributed by atoms with Gasteiger partial charge in [0.25, 0.3) is 0 Å². The van der Waals surface area contributed by atoms with Gasteiger partial charge in [0.1, 0.15) is 0 Å². The number of carbonyl (C=O) groups is 2. The van der Waals surface area contributed by atoms with Gasteiger partial charge < -0.3 is 4.90 Å². The standard InChI is InChI=1S/C16H21NO2S/c1-11-4-5-14(12(2)8-11)6-7-17-10-15(9-16(17)19)20-13(3)18/h4-5,8,15H,6-7,9-10H2,1-3H3. The van der Waals surface area contributed by atoms with E-state index >= 15 is 0 Å². The third-order valence-electron chi connectivity index (χ3n) is 3.66. The largest absolute Gasteiger partial charge is 0.341 e. The van der Waals surface area contributed by atoms with Crippen molar-refractivity contribution in [2.24, 2.45) is 0 Å². The number of benzene rings is 1. The van der Waals surface area contributed by atoms with Gasteiger partial charge in [0.05, 0.1) is 0 Å². The number of nitrogens with zero attached hydrogens (tertiary/aromatic N) is 1. The molecule has 0 aromatic heterocycles. The summed E-state index contributed by atoms with van der Waals surface area (Å²) in [5.74, 6) is 0.175. The molecule has 20 heavy (non-hydrogen) atoms. The Labute approximate surface area is 124 Å². The Balaban J connectivity index is 1.91. The fourth-order valence-electron chi connectivity index (χ4n) is 2.65. The van der Waals surface area contributed by atoms with Crippen LogP contribution in [0.3, 0.4) is 0 Å². The molecule has 0 saturated carbocycles. The van der Waals surface area contributed by atoms with Crippen molar-refractivity contribution in [3.05, 3.63) is 34.9 Å². The molecule has 108 valence electrons. The van der Waals surface area contributed by atoms with Gasteiger partial charge in [0.15, 0.2) is 5.12 Å². The van der Waals surface area contributed by atoms with Crippen LogP contribution in [0.4, 0.5) is 0 Å². The van der Waals surface area contributed by atoms with Crippen molar-refractivity contribution in [2.45, 2.75) is 38.9 Å². The molecule has 0 bridgehead atoms. The van der Waals surface area contributed by atoms with E-state index in [1.165, 1.54) is 28.5 Å². The molecule has 1 fully saturated rings. The summed E-state index contributed by atoms with van der Waals surface area (Å²) in [6.45, 7) is 7.21. The third kappa shape index (κ3) is 3.85. The molecule has 1 aliphatic heterocycles. The average molecular weight is 291 g/mol. The van der Waals surface area contributed by atoms with Gasteiger partial charge in [-0.05, 0) is 31.4 Å². The van der Waals surface area contributed by atoms with E-state index in [4.69, 9.17) is 0 Å². The van der Waals surface area contributed by atoms with Crippen LogP contribution >= 0.6 is 11.8 Å². The maximum Gasteiger partial charge on any atom is 0.223 e. The minimum absolute atomic E-state index is 0.0963. The van der Waals surface area contributed by atoms with Crippen LogP contribution in [-0.2, 0) is 16.0 Å². The lowest BCUT2D eigenvalue weighted by molar-refractivity contribution is -0.127. The Morgan fingerprint density at radius 1 is 1.40 bits per heavy atom. The van der Waals surface area contributed by atoms with E-state index in [1.807, 2.05) is 4.90 Å². The minimum atomic E-state index is 0.0963. The van der Waals surface area contributed by atoms with Gasteiger partial charge in [0, 0.05) is 31.7 Å². The van der Waals surface area contributed by atoms with E-state index in [1.54, 1.807) is 6.92 Å². The molecule has 0 spiro atoms. The molecule has 1 heterocycles. The number of hydrogen-bond donors (Lipinski definition) is 0. The van der Waals surface area contributed by atoms with Crippen molar-refractivity contribution in [3.8, 4) is 0 Å². The first-order valence-corrected chi connectivity index (χ1v) is 7.85. The quantitative estimate of drug-likeness (QED) is 0.856. The number of amides is 1. The molecule has 0 radical (unpaired) electrons. The summed E-state index contributed by atoms with van der Waals surface area (Å²) in [7, 11) is 0. The van der Waals surface area contributed by atoms with E-state index in [0.29, 0.717) is 13.0 Å². The zero-order valence-corrected chi connectivity index (χ0v) is 13.1. The number of carbonyl (C=O) groups excluding carboxylic acids is 2. The van der Waals surface area contributed by atoms with Crippen molar-refractivity contribution in [3.63, 3.8) is 0 Å². The highest BCUT2D eigenvalue weighted by Gasteiger charge is 2.30. The maximum atomic E-state index is 11.9. The predicted octanol–water partition coefficient (Wildman–Crippen LogP) is 2.73. The first kappa shape index (κ1) is 15.1. The van der Waals surface area contributed by atoms with Crippen molar-refractivity contribution >= 4 is 22.8 Å². The molecule has 2 rings (SSSR count). The SMILES string of the molecule is CC(=O)SC1CC(=O)N(CCc2ccc(C)cc2C)C1. The van der Waals surface area contributed by atoms with Crippen molar-refractivity contribution in [2.75, 3.05) is 13.1 Å². The molecule has 1 saturated heterocycles. The zero-order chi connectivity index (χ0) is 14.7. The summed E-state index contributed by atoms with van der Waals surface area (Å²) in [5.41, 5.74) is 3.85. The average Bonchev–Trinajstić information content (AvgIpc) is 2.67. The summed E-state index contributed by atoms with van der Waals surface area (Å²) < 4.78 is 0. The molecule has 0 aliphatic carbocycles. The highest BCUT2D eigenvalue weighted by atomic mass is 32.2. The fraction of sp³-hybridized carbons (Fsp3) is 0.500. The van der Waals surface area contributed by atoms with Crippen LogP contribution in [0.5, 0.6) is 0 Å². The van der Waals surface area contributed by atoms with Crippen LogP contribution in [0, 0.1) is 13.8 Å². The van der Waals surface area contributed by atoms with Gasteiger partial charge in [0.2, 0.25) is 5.91 Å². The Bertz CT molecular complexity index is 527. The number of likely N-dealkylation sites (tertiary alicyclic amines) is 1. The van der Waals surface area contributed by atoms with Crippen LogP contribution in [0.1, 0.15) is 30.0 Å². The van der Waals surface area contributed by atoms with E-state index in [2.05, 4.69) is 32.0 Å². The van der Waals surface area contributed by atoms with Gasteiger partial charge in [-0.1, -0.05) is 35.5 Å². The molecule has 1 aromatic carbocycles. The Hall–Kier alpha value is -1.29. The van der Waals surface area contributed by atoms with Crippen LogP contribution < -0.4 is 0 Å². The molecule has 1 amide bonds. The number of aryl methyl sites for hydroxylation is 2. The van der Waals surface area contributed by atoms with Gasteiger partial charge in [-0.25, -0.2) is 0 Å². The van der Waals surface area contributed by atoms with Crippen molar-refractivity contribution in [1.82, 2.24) is 4.90 Å². The van der Waals surface area contributed by atoms with Crippen molar-refractivity contribution in [1.29, 1.82) is 0 Å². The van der Waals surface area contributed by atoms with E-state index in [-0.39, 0.29) is 16.3 Å². The molecule has 1 atom stereocenters. The lowest BCUT2D eigenvalue weighted by Gasteiger charge is -2.17. The second-order valence-electron chi connectivity index (χ2n) is 5.46. The third-order valence-corrected chi connectivity index (χ3v) is 4.64. The van der Waals surface area contributed by atoms with Gasteiger partial charge in [-0.3, -0.25) is 9.59 Å². The van der Waals surface area contributed by atoms with Crippen molar-refractivity contribution < 1.29 is 9.59 Å². The van der Waals surface area contributed by atoms with E-state index < -0.39 is 0 Å². The van der Waals surface area contributed by atoms with Crippen LogP contribution in [0.15, 0.2) is 18.2 Å². The number of thioether (sulfide) groups is 1. The Morgan fingerprint density at radius 2 is 2.15 bits per heavy atom. The summed E-state index contributed by atoms with van der Waals surface area (Å²) >= 11 is 1.29.